The number of nitrogens with one attached hydrogen (secondary N) is 1. The average Bonchev–Trinajstić information content (AvgIpc) is 2.97. The smallest absolute Gasteiger partial charge is 0.331 e. The van der Waals surface area contributed by atoms with Gasteiger partial charge >= 0.3 is 5.97 Å². The second kappa shape index (κ2) is 5.05. The maximum Gasteiger partial charge on any atom is 0.331 e. The van der Waals surface area contributed by atoms with Crippen LogP contribution in [0.2, 0.25) is 0 Å². The average molecular weight is 266 g/mol. The van der Waals surface area contributed by atoms with E-state index in [9.17, 15) is 14.7 Å². The van der Waals surface area contributed by atoms with Crippen LogP contribution in [0.15, 0.2) is 18.3 Å². The van der Waals surface area contributed by atoms with Gasteiger partial charge < -0.3 is 19.7 Å². The number of hydrogen-bond acceptors (Lipinski definition) is 3. The van der Waals surface area contributed by atoms with Crippen molar-refractivity contribution in [3.05, 3.63) is 24.0 Å². The van der Waals surface area contributed by atoms with E-state index < -0.39 is 11.5 Å². The standard InChI is InChI=1S/C13H18N2O4/c1-9(2)15-6-3-4-10(15)11(16)14-13(12(17)18)5-7-19-8-13/h3-4,6,9H,5,7-8H2,1-2H3,(H,14,16)(H,17,18). The van der Waals surface area contributed by atoms with Gasteiger partial charge in [-0.25, -0.2) is 4.79 Å². The summed E-state index contributed by atoms with van der Waals surface area (Å²) >= 11 is 0. The maximum absolute atomic E-state index is 12.2. The van der Waals surface area contributed by atoms with Crippen LogP contribution in [0.5, 0.6) is 0 Å². The van der Waals surface area contributed by atoms with Gasteiger partial charge in [0, 0.05) is 25.3 Å². The molecule has 2 N–H and O–H groups in total. The number of carboxylic acids is 1. The lowest BCUT2D eigenvalue weighted by Gasteiger charge is -2.24. The molecule has 1 aromatic rings. The molecular formula is C13H18N2O4. The Morgan fingerprint density at radius 1 is 1.53 bits per heavy atom. The molecule has 1 unspecified atom stereocenters. The summed E-state index contributed by atoms with van der Waals surface area (Å²) in [5, 5.41) is 11.9. The Hall–Kier alpha value is -1.82. The van der Waals surface area contributed by atoms with Gasteiger partial charge in [-0.15, -0.1) is 0 Å². The Labute approximate surface area is 111 Å². The number of nitrogens with zero attached hydrogens (tertiary/aromatic N) is 1. The number of aliphatic carboxylic acids is 1. The second-order valence-electron chi connectivity index (χ2n) is 5.04. The van der Waals surface area contributed by atoms with Crippen LogP contribution in [-0.2, 0) is 9.53 Å². The van der Waals surface area contributed by atoms with Crippen molar-refractivity contribution in [2.24, 2.45) is 0 Å². The second-order valence-corrected chi connectivity index (χ2v) is 5.04. The van der Waals surface area contributed by atoms with Gasteiger partial charge in [-0.2, -0.15) is 0 Å². The summed E-state index contributed by atoms with van der Waals surface area (Å²) in [5.74, 6) is -1.44. The molecule has 6 heteroatoms. The highest BCUT2D eigenvalue weighted by molar-refractivity contribution is 5.97. The molecule has 0 bridgehead atoms. The van der Waals surface area contributed by atoms with Crippen molar-refractivity contribution < 1.29 is 19.4 Å². The lowest BCUT2D eigenvalue weighted by Crippen LogP contribution is -2.55. The van der Waals surface area contributed by atoms with Crippen LogP contribution in [0, 0.1) is 0 Å². The minimum atomic E-state index is -1.30. The fraction of sp³-hybridized carbons (Fsp3) is 0.538. The Kier molecular flexibility index (Phi) is 3.61. The Bertz CT molecular complexity index is 487. The zero-order chi connectivity index (χ0) is 14.0. The topological polar surface area (TPSA) is 80.6 Å². The highest BCUT2D eigenvalue weighted by Gasteiger charge is 2.44. The largest absolute Gasteiger partial charge is 0.479 e. The number of amides is 1. The number of hydrogen-bond donors (Lipinski definition) is 2. The van der Waals surface area contributed by atoms with E-state index in [0.717, 1.165) is 0 Å². The molecule has 0 saturated carbocycles. The lowest BCUT2D eigenvalue weighted by atomic mass is 9.99. The van der Waals surface area contributed by atoms with E-state index in [1.54, 1.807) is 22.9 Å². The molecule has 1 aliphatic rings. The first-order chi connectivity index (χ1) is 8.96. The maximum atomic E-state index is 12.2. The minimum absolute atomic E-state index is 0.0104. The summed E-state index contributed by atoms with van der Waals surface area (Å²) in [7, 11) is 0. The van der Waals surface area contributed by atoms with Gasteiger partial charge in [-0.1, -0.05) is 0 Å². The van der Waals surface area contributed by atoms with E-state index in [0.29, 0.717) is 12.3 Å². The number of ether oxygens (including phenoxy) is 1. The predicted molar refractivity (Wildman–Crippen MR) is 68.1 cm³/mol. The minimum Gasteiger partial charge on any atom is -0.479 e. The van der Waals surface area contributed by atoms with Crippen LogP contribution in [0.4, 0.5) is 0 Å². The predicted octanol–water partition coefficient (Wildman–Crippen LogP) is 1.04. The van der Waals surface area contributed by atoms with E-state index >= 15 is 0 Å². The van der Waals surface area contributed by atoms with E-state index in [2.05, 4.69) is 5.32 Å². The summed E-state index contributed by atoms with van der Waals surface area (Å²) in [5.41, 5.74) is -0.842. The zero-order valence-electron chi connectivity index (χ0n) is 11.0. The number of rotatable bonds is 4. The van der Waals surface area contributed by atoms with Crippen molar-refractivity contribution in [2.45, 2.75) is 31.8 Å². The lowest BCUT2D eigenvalue weighted by molar-refractivity contribution is -0.144. The first kappa shape index (κ1) is 13.6. The number of aromatic nitrogens is 1. The molecule has 104 valence electrons. The quantitative estimate of drug-likeness (QED) is 0.853. The van der Waals surface area contributed by atoms with Gasteiger partial charge in [-0.05, 0) is 26.0 Å². The SMILES string of the molecule is CC(C)n1cccc1C(=O)NC1(C(=O)O)CCOC1. The van der Waals surface area contributed by atoms with Gasteiger partial charge in [0.1, 0.15) is 5.69 Å². The van der Waals surface area contributed by atoms with E-state index in [1.807, 2.05) is 13.8 Å². The molecule has 19 heavy (non-hydrogen) atoms. The molecule has 6 nitrogen and oxygen atoms in total. The van der Waals surface area contributed by atoms with Crippen molar-refractivity contribution in [3.8, 4) is 0 Å². The molecule has 1 amide bonds. The van der Waals surface area contributed by atoms with E-state index in [1.165, 1.54) is 0 Å². The number of carboxylic acid groups (broad SMARTS) is 1. The normalized spacial score (nSPS) is 22.7. The van der Waals surface area contributed by atoms with Crippen LogP contribution in [0.1, 0.15) is 36.8 Å². The fourth-order valence-electron chi connectivity index (χ4n) is 2.20. The summed E-state index contributed by atoms with van der Waals surface area (Å²) in [6, 6.07) is 3.59. The molecule has 2 rings (SSSR count). The molecule has 2 heterocycles. The van der Waals surface area contributed by atoms with Gasteiger partial charge in [0.15, 0.2) is 5.54 Å². The third-order valence-corrected chi connectivity index (χ3v) is 3.35. The highest BCUT2D eigenvalue weighted by Crippen LogP contribution is 2.20. The zero-order valence-corrected chi connectivity index (χ0v) is 11.0. The molecular weight excluding hydrogens is 248 g/mol. The fourth-order valence-corrected chi connectivity index (χ4v) is 2.20. The number of carbonyl (C=O) groups excluding carboxylic acids is 1. The van der Waals surface area contributed by atoms with Crippen LogP contribution < -0.4 is 5.32 Å². The third kappa shape index (κ3) is 2.49. The molecule has 1 saturated heterocycles. The molecule has 0 aromatic carbocycles. The molecule has 0 aliphatic carbocycles. The molecule has 1 aliphatic heterocycles. The van der Waals surface area contributed by atoms with Gasteiger partial charge in [-0.3, -0.25) is 4.79 Å². The Balaban J connectivity index is 2.20. The summed E-state index contributed by atoms with van der Waals surface area (Å²) in [4.78, 5) is 23.6. The van der Waals surface area contributed by atoms with Crippen LogP contribution in [0.25, 0.3) is 0 Å². The first-order valence-electron chi connectivity index (χ1n) is 6.27. The summed E-state index contributed by atoms with van der Waals surface area (Å²) in [6.07, 6.45) is 2.09. The Morgan fingerprint density at radius 2 is 2.26 bits per heavy atom. The molecule has 0 radical (unpaired) electrons. The van der Waals surface area contributed by atoms with Crippen molar-refractivity contribution in [2.75, 3.05) is 13.2 Å². The third-order valence-electron chi connectivity index (χ3n) is 3.35. The van der Waals surface area contributed by atoms with Crippen molar-refractivity contribution >= 4 is 11.9 Å². The van der Waals surface area contributed by atoms with Crippen LogP contribution in [-0.4, -0.2) is 40.3 Å². The van der Waals surface area contributed by atoms with E-state index in [4.69, 9.17) is 4.74 Å². The van der Waals surface area contributed by atoms with Crippen molar-refractivity contribution in [1.82, 2.24) is 9.88 Å². The van der Waals surface area contributed by atoms with Crippen molar-refractivity contribution in [1.29, 1.82) is 0 Å². The highest BCUT2D eigenvalue weighted by atomic mass is 16.5. The molecule has 1 aromatic heterocycles. The first-order valence-corrected chi connectivity index (χ1v) is 6.27. The van der Waals surface area contributed by atoms with Crippen LogP contribution >= 0.6 is 0 Å². The summed E-state index contributed by atoms with van der Waals surface area (Å²) in [6.45, 7) is 4.28. The van der Waals surface area contributed by atoms with E-state index in [-0.39, 0.29) is 25.0 Å². The van der Waals surface area contributed by atoms with Crippen molar-refractivity contribution in [3.63, 3.8) is 0 Å². The molecule has 1 atom stereocenters. The van der Waals surface area contributed by atoms with Gasteiger partial charge in [0.25, 0.3) is 5.91 Å². The summed E-state index contributed by atoms with van der Waals surface area (Å²) < 4.78 is 6.92. The monoisotopic (exact) mass is 266 g/mol. The van der Waals surface area contributed by atoms with Gasteiger partial charge in [0.2, 0.25) is 0 Å². The Morgan fingerprint density at radius 3 is 2.79 bits per heavy atom. The van der Waals surface area contributed by atoms with Crippen LogP contribution in [0.3, 0.4) is 0 Å². The molecule has 1 fully saturated rings. The van der Waals surface area contributed by atoms with Gasteiger partial charge in [0.05, 0.1) is 6.61 Å². The number of carbonyl (C=O) groups is 2. The molecule has 0 spiro atoms.